The summed E-state index contributed by atoms with van der Waals surface area (Å²) in [7, 11) is 0. The molecule has 32 heavy (non-hydrogen) atoms. The number of ether oxygens (including phenoxy) is 2. The van der Waals surface area contributed by atoms with Gasteiger partial charge in [0.05, 0.1) is 18.6 Å². The molecule has 0 spiro atoms. The number of para-hydroxylation sites is 1. The van der Waals surface area contributed by atoms with E-state index in [9.17, 15) is 14.4 Å². The number of hydrazone groups is 1. The second kappa shape index (κ2) is 10.6. The van der Waals surface area contributed by atoms with E-state index in [1.165, 1.54) is 12.3 Å². The lowest BCUT2D eigenvalue weighted by molar-refractivity contribution is -0.136. The van der Waals surface area contributed by atoms with Crippen LogP contribution in [-0.2, 0) is 9.59 Å². The van der Waals surface area contributed by atoms with Gasteiger partial charge in [-0.05, 0) is 62.4 Å². The topological polar surface area (TPSA) is 119 Å². The first kappa shape index (κ1) is 22.3. The van der Waals surface area contributed by atoms with E-state index >= 15 is 0 Å². The van der Waals surface area contributed by atoms with Crippen LogP contribution in [0.25, 0.3) is 0 Å². The predicted octanol–water partition coefficient (Wildman–Crippen LogP) is 3.38. The van der Waals surface area contributed by atoms with Crippen molar-refractivity contribution in [3.63, 3.8) is 0 Å². The molecule has 1 heterocycles. The van der Waals surface area contributed by atoms with Crippen LogP contribution in [-0.4, -0.2) is 30.1 Å². The van der Waals surface area contributed by atoms with Crippen LogP contribution in [0.3, 0.4) is 0 Å². The van der Waals surface area contributed by atoms with Gasteiger partial charge in [0.1, 0.15) is 11.5 Å². The van der Waals surface area contributed by atoms with Gasteiger partial charge in [-0.1, -0.05) is 12.1 Å². The number of carbonyl (C=O) groups excluding carboxylic acids is 3. The molecule has 3 aromatic rings. The molecular weight excluding hydrogens is 414 g/mol. The zero-order chi connectivity index (χ0) is 22.9. The van der Waals surface area contributed by atoms with Gasteiger partial charge in [-0.15, -0.1) is 0 Å². The van der Waals surface area contributed by atoms with Gasteiger partial charge in [-0.3, -0.25) is 9.59 Å². The molecule has 0 aliphatic carbocycles. The lowest BCUT2D eigenvalue weighted by Crippen LogP contribution is -2.33. The number of benzene rings is 2. The number of hydrogen-bond donors (Lipinski definition) is 2. The van der Waals surface area contributed by atoms with Crippen molar-refractivity contribution in [1.29, 1.82) is 0 Å². The van der Waals surface area contributed by atoms with Crippen molar-refractivity contribution in [2.45, 2.75) is 13.8 Å². The smallest absolute Gasteiger partial charge is 0.379 e. The van der Waals surface area contributed by atoms with Crippen LogP contribution in [0.2, 0.25) is 0 Å². The number of carbonyl (C=O) groups is 3. The Balaban J connectivity index is 1.63. The Labute approximate surface area is 184 Å². The van der Waals surface area contributed by atoms with Gasteiger partial charge in [0.25, 0.3) is 0 Å². The molecule has 0 radical (unpaired) electrons. The molecule has 164 valence electrons. The summed E-state index contributed by atoms with van der Waals surface area (Å²) >= 11 is 0. The van der Waals surface area contributed by atoms with Crippen molar-refractivity contribution < 1.29 is 28.3 Å². The highest BCUT2D eigenvalue weighted by Gasteiger charge is 2.16. The molecule has 9 nitrogen and oxygen atoms in total. The van der Waals surface area contributed by atoms with Crippen molar-refractivity contribution in [2.24, 2.45) is 5.10 Å². The summed E-state index contributed by atoms with van der Waals surface area (Å²) in [5.41, 5.74) is 3.42. The van der Waals surface area contributed by atoms with E-state index in [1.54, 1.807) is 61.5 Å². The van der Waals surface area contributed by atoms with Gasteiger partial charge in [0.2, 0.25) is 5.76 Å². The molecule has 2 amide bonds. The summed E-state index contributed by atoms with van der Waals surface area (Å²) in [6.45, 7) is 3.99. The Morgan fingerprint density at radius 2 is 1.72 bits per heavy atom. The molecule has 0 fully saturated rings. The van der Waals surface area contributed by atoms with E-state index in [2.05, 4.69) is 15.8 Å². The van der Waals surface area contributed by atoms with Gasteiger partial charge < -0.3 is 19.2 Å². The summed E-state index contributed by atoms with van der Waals surface area (Å²) in [5.74, 6) is -1.58. The van der Waals surface area contributed by atoms with Gasteiger partial charge in [-0.2, -0.15) is 5.10 Å². The average molecular weight is 435 g/mol. The maximum absolute atomic E-state index is 12.2. The van der Waals surface area contributed by atoms with Crippen molar-refractivity contribution in [3.8, 4) is 11.5 Å². The fraction of sp³-hybridized carbons (Fsp3) is 0.130. The standard InChI is InChI=1S/C23H21N3O6/c1-3-30-17-12-10-16(11-13-17)24-21(27)22(28)26-25-15(2)18-7-4-5-8-19(18)32-23(29)20-9-6-14-31-20/h4-14H,3H2,1-2H3,(H,24,27)(H,26,28). The average Bonchev–Trinajstić information content (AvgIpc) is 3.34. The van der Waals surface area contributed by atoms with Crippen LogP contribution in [0.1, 0.15) is 30.0 Å². The molecule has 0 atom stereocenters. The molecule has 0 aliphatic heterocycles. The summed E-state index contributed by atoms with van der Waals surface area (Å²) in [5, 5.41) is 6.42. The predicted molar refractivity (Wildman–Crippen MR) is 117 cm³/mol. The molecule has 1 aromatic heterocycles. The molecule has 9 heteroatoms. The maximum atomic E-state index is 12.2. The Hall–Kier alpha value is -4.40. The van der Waals surface area contributed by atoms with Crippen LogP contribution < -0.4 is 20.2 Å². The Bertz CT molecular complexity index is 1120. The van der Waals surface area contributed by atoms with E-state index in [0.717, 1.165) is 0 Å². The molecule has 3 rings (SSSR count). The highest BCUT2D eigenvalue weighted by atomic mass is 16.5. The van der Waals surface area contributed by atoms with Crippen molar-refractivity contribution in [3.05, 3.63) is 78.3 Å². The first-order valence-corrected chi connectivity index (χ1v) is 9.71. The zero-order valence-electron chi connectivity index (χ0n) is 17.5. The van der Waals surface area contributed by atoms with Crippen LogP contribution in [0.5, 0.6) is 11.5 Å². The molecule has 0 unspecified atom stereocenters. The number of nitrogens with zero attached hydrogens (tertiary/aromatic N) is 1. The Morgan fingerprint density at radius 1 is 0.969 bits per heavy atom. The van der Waals surface area contributed by atoms with Crippen molar-refractivity contribution >= 4 is 29.2 Å². The fourth-order valence-electron chi connectivity index (χ4n) is 2.63. The van der Waals surface area contributed by atoms with Crippen LogP contribution >= 0.6 is 0 Å². The number of anilines is 1. The number of rotatable bonds is 7. The van der Waals surface area contributed by atoms with Gasteiger partial charge in [0.15, 0.2) is 0 Å². The van der Waals surface area contributed by atoms with Gasteiger partial charge in [0, 0.05) is 11.3 Å². The van der Waals surface area contributed by atoms with E-state index in [0.29, 0.717) is 29.3 Å². The number of furan rings is 1. The zero-order valence-corrected chi connectivity index (χ0v) is 17.5. The first-order valence-electron chi connectivity index (χ1n) is 9.71. The molecule has 2 aromatic carbocycles. The lowest BCUT2D eigenvalue weighted by Gasteiger charge is -2.09. The first-order chi connectivity index (χ1) is 15.5. The molecule has 0 saturated carbocycles. The third-order valence-corrected chi connectivity index (χ3v) is 4.16. The normalized spacial score (nSPS) is 10.9. The summed E-state index contributed by atoms with van der Waals surface area (Å²) in [4.78, 5) is 36.4. The third-order valence-electron chi connectivity index (χ3n) is 4.16. The number of nitrogens with one attached hydrogen (secondary N) is 2. The number of esters is 1. The van der Waals surface area contributed by atoms with Crippen LogP contribution in [0, 0.1) is 0 Å². The minimum atomic E-state index is -0.955. The molecule has 0 saturated heterocycles. The molecular formula is C23H21N3O6. The summed E-state index contributed by atoms with van der Waals surface area (Å²) in [6, 6.07) is 16.3. The van der Waals surface area contributed by atoms with Crippen LogP contribution in [0.15, 0.2) is 76.4 Å². The van der Waals surface area contributed by atoms with Gasteiger partial charge in [-0.25, -0.2) is 10.2 Å². The number of amides is 2. The Morgan fingerprint density at radius 3 is 2.41 bits per heavy atom. The van der Waals surface area contributed by atoms with E-state index < -0.39 is 17.8 Å². The maximum Gasteiger partial charge on any atom is 0.379 e. The minimum Gasteiger partial charge on any atom is -0.494 e. The molecule has 0 aliphatic rings. The second-order valence-corrected chi connectivity index (χ2v) is 6.41. The van der Waals surface area contributed by atoms with Crippen LogP contribution in [0.4, 0.5) is 5.69 Å². The SMILES string of the molecule is CCOc1ccc(NC(=O)C(=O)NN=C(C)c2ccccc2OC(=O)c2ccco2)cc1. The van der Waals surface area contributed by atoms with E-state index in [4.69, 9.17) is 13.9 Å². The largest absolute Gasteiger partial charge is 0.494 e. The second-order valence-electron chi connectivity index (χ2n) is 6.41. The highest BCUT2D eigenvalue weighted by Crippen LogP contribution is 2.20. The lowest BCUT2D eigenvalue weighted by atomic mass is 10.1. The molecule has 0 bridgehead atoms. The highest BCUT2D eigenvalue weighted by molar-refractivity contribution is 6.39. The monoisotopic (exact) mass is 435 g/mol. The Kier molecular flexibility index (Phi) is 7.37. The van der Waals surface area contributed by atoms with Crippen molar-refractivity contribution in [2.75, 3.05) is 11.9 Å². The third kappa shape index (κ3) is 5.82. The quantitative estimate of drug-likeness (QED) is 0.193. The summed E-state index contributed by atoms with van der Waals surface area (Å²) in [6.07, 6.45) is 1.36. The minimum absolute atomic E-state index is 0.0497. The summed E-state index contributed by atoms with van der Waals surface area (Å²) < 4.78 is 15.7. The van der Waals surface area contributed by atoms with Gasteiger partial charge >= 0.3 is 17.8 Å². The van der Waals surface area contributed by atoms with Crippen molar-refractivity contribution in [1.82, 2.24) is 5.43 Å². The van der Waals surface area contributed by atoms with E-state index in [1.807, 2.05) is 6.92 Å². The fourth-order valence-corrected chi connectivity index (χ4v) is 2.63. The number of hydrogen-bond acceptors (Lipinski definition) is 7. The molecule has 2 N–H and O–H groups in total. The van der Waals surface area contributed by atoms with E-state index in [-0.39, 0.29) is 11.5 Å².